The first kappa shape index (κ1) is 13.1. The van der Waals surface area contributed by atoms with Gasteiger partial charge in [-0.1, -0.05) is 12.1 Å². The Balaban J connectivity index is 2.20. The molecule has 2 nitrogen and oxygen atoms in total. The molecule has 0 heterocycles. The van der Waals surface area contributed by atoms with Crippen LogP contribution >= 0.6 is 0 Å². The Morgan fingerprint density at radius 2 is 2.25 bits per heavy atom. The first-order valence-electron chi connectivity index (χ1n) is 5.69. The fraction of sp³-hybridized carbons (Fsp3) is 0.538. The van der Waals surface area contributed by atoms with Crippen LogP contribution in [0.1, 0.15) is 18.9 Å². The summed E-state index contributed by atoms with van der Waals surface area (Å²) in [5.41, 5.74) is 1.03. The van der Waals surface area contributed by atoms with E-state index in [1.165, 1.54) is 6.07 Å². The van der Waals surface area contributed by atoms with Gasteiger partial charge in [-0.2, -0.15) is 0 Å². The van der Waals surface area contributed by atoms with Crippen molar-refractivity contribution in [3.63, 3.8) is 0 Å². The van der Waals surface area contributed by atoms with Crippen molar-refractivity contribution < 1.29 is 9.13 Å². The highest BCUT2D eigenvalue weighted by Gasteiger charge is 2.00. The van der Waals surface area contributed by atoms with Crippen LogP contribution in [0.15, 0.2) is 24.3 Å². The van der Waals surface area contributed by atoms with Gasteiger partial charge in [-0.3, -0.25) is 0 Å². The summed E-state index contributed by atoms with van der Waals surface area (Å²) >= 11 is 0. The van der Waals surface area contributed by atoms with Crippen molar-refractivity contribution in [2.75, 3.05) is 20.3 Å². The highest BCUT2D eigenvalue weighted by molar-refractivity contribution is 5.16. The molecule has 0 aliphatic rings. The van der Waals surface area contributed by atoms with Gasteiger partial charge < -0.3 is 10.1 Å². The first-order valence-corrected chi connectivity index (χ1v) is 5.69. The minimum atomic E-state index is -0.162. The standard InChI is InChI=1S/C13H20FNO/c1-11(7-9-16-2)15-8-6-12-4-3-5-13(14)10-12/h3-5,10-11,15H,6-9H2,1-2H3. The minimum absolute atomic E-state index is 0.162. The Kier molecular flexibility index (Phi) is 6.04. The number of halogens is 1. The lowest BCUT2D eigenvalue weighted by molar-refractivity contribution is 0.185. The van der Waals surface area contributed by atoms with Gasteiger partial charge in [-0.15, -0.1) is 0 Å². The van der Waals surface area contributed by atoms with Crippen molar-refractivity contribution in [3.8, 4) is 0 Å². The molecule has 90 valence electrons. The van der Waals surface area contributed by atoms with Crippen molar-refractivity contribution in [2.24, 2.45) is 0 Å². The molecule has 0 radical (unpaired) electrons. The molecular formula is C13H20FNO. The van der Waals surface area contributed by atoms with E-state index < -0.39 is 0 Å². The number of hydrogen-bond donors (Lipinski definition) is 1. The smallest absolute Gasteiger partial charge is 0.123 e. The fourth-order valence-electron chi connectivity index (χ4n) is 1.55. The van der Waals surface area contributed by atoms with Gasteiger partial charge in [0, 0.05) is 19.8 Å². The predicted octanol–water partition coefficient (Wildman–Crippen LogP) is 2.38. The number of rotatable bonds is 7. The fourth-order valence-corrected chi connectivity index (χ4v) is 1.55. The molecule has 1 aromatic rings. The van der Waals surface area contributed by atoms with Crippen molar-refractivity contribution in [1.82, 2.24) is 5.32 Å². The largest absolute Gasteiger partial charge is 0.385 e. The second-order valence-corrected chi connectivity index (χ2v) is 4.02. The number of ether oxygens (including phenoxy) is 1. The maximum atomic E-state index is 12.9. The zero-order chi connectivity index (χ0) is 11.8. The Labute approximate surface area is 96.8 Å². The van der Waals surface area contributed by atoms with Crippen LogP contribution in [0.2, 0.25) is 0 Å². The van der Waals surface area contributed by atoms with Gasteiger partial charge in [0.05, 0.1) is 0 Å². The van der Waals surface area contributed by atoms with Crippen molar-refractivity contribution >= 4 is 0 Å². The molecular weight excluding hydrogens is 205 g/mol. The van der Waals surface area contributed by atoms with Crippen molar-refractivity contribution in [2.45, 2.75) is 25.8 Å². The molecule has 1 aromatic carbocycles. The van der Waals surface area contributed by atoms with Crippen LogP contribution in [0.4, 0.5) is 4.39 Å². The van der Waals surface area contributed by atoms with Gasteiger partial charge in [0.1, 0.15) is 5.82 Å². The highest BCUT2D eigenvalue weighted by Crippen LogP contribution is 2.03. The third kappa shape index (κ3) is 5.24. The van der Waals surface area contributed by atoms with Crippen LogP contribution < -0.4 is 5.32 Å². The third-order valence-corrected chi connectivity index (χ3v) is 2.55. The molecule has 1 rings (SSSR count). The Hall–Kier alpha value is -0.930. The maximum Gasteiger partial charge on any atom is 0.123 e. The van der Waals surface area contributed by atoms with E-state index in [0.717, 1.165) is 31.6 Å². The summed E-state index contributed by atoms with van der Waals surface area (Å²) < 4.78 is 17.9. The van der Waals surface area contributed by atoms with E-state index >= 15 is 0 Å². The average molecular weight is 225 g/mol. The van der Waals surface area contributed by atoms with Crippen LogP contribution in [0.3, 0.4) is 0 Å². The Morgan fingerprint density at radius 3 is 2.94 bits per heavy atom. The Bertz CT molecular complexity index is 304. The van der Waals surface area contributed by atoms with Gasteiger partial charge in [-0.25, -0.2) is 4.39 Å². The highest BCUT2D eigenvalue weighted by atomic mass is 19.1. The van der Waals surface area contributed by atoms with E-state index in [1.807, 2.05) is 6.07 Å². The van der Waals surface area contributed by atoms with E-state index in [4.69, 9.17) is 4.74 Å². The molecule has 16 heavy (non-hydrogen) atoms. The molecule has 0 saturated carbocycles. The molecule has 0 bridgehead atoms. The van der Waals surface area contributed by atoms with Gasteiger partial charge in [-0.05, 0) is 44.0 Å². The summed E-state index contributed by atoms with van der Waals surface area (Å²) in [5, 5.41) is 3.38. The van der Waals surface area contributed by atoms with Gasteiger partial charge in [0.2, 0.25) is 0 Å². The molecule has 0 fully saturated rings. The Morgan fingerprint density at radius 1 is 1.44 bits per heavy atom. The summed E-state index contributed by atoms with van der Waals surface area (Å²) in [4.78, 5) is 0. The van der Waals surface area contributed by atoms with Gasteiger partial charge in [0.15, 0.2) is 0 Å². The summed E-state index contributed by atoms with van der Waals surface area (Å²) in [6.45, 7) is 3.77. The van der Waals surface area contributed by atoms with E-state index in [9.17, 15) is 4.39 Å². The summed E-state index contributed by atoms with van der Waals surface area (Å²) in [6, 6.07) is 7.19. The summed E-state index contributed by atoms with van der Waals surface area (Å²) in [6.07, 6.45) is 1.86. The molecule has 0 aromatic heterocycles. The predicted molar refractivity (Wildman–Crippen MR) is 64.1 cm³/mol. The van der Waals surface area contributed by atoms with Gasteiger partial charge >= 0.3 is 0 Å². The summed E-state index contributed by atoms with van der Waals surface area (Å²) in [7, 11) is 1.71. The number of nitrogens with one attached hydrogen (secondary N) is 1. The maximum absolute atomic E-state index is 12.9. The number of hydrogen-bond acceptors (Lipinski definition) is 2. The lowest BCUT2D eigenvalue weighted by Crippen LogP contribution is -2.29. The molecule has 0 saturated heterocycles. The van der Waals surface area contributed by atoms with Crippen LogP contribution in [0.5, 0.6) is 0 Å². The molecule has 3 heteroatoms. The molecule has 0 aliphatic heterocycles. The van der Waals surface area contributed by atoms with E-state index in [0.29, 0.717) is 6.04 Å². The number of benzene rings is 1. The quantitative estimate of drug-likeness (QED) is 0.769. The van der Waals surface area contributed by atoms with E-state index in [2.05, 4.69) is 12.2 Å². The zero-order valence-electron chi connectivity index (χ0n) is 10.0. The normalized spacial score (nSPS) is 12.7. The van der Waals surface area contributed by atoms with Crippen molar-refractivity contribution in [1.29, 1.82) is 0 Å². The first-order chi connectivity index (χ1) is 7.72. The topological polar surface area (TPSA) is 21.3 Å². The lowest BCUT2D eigenvalue weighted by atomic mass is 10.1. The van der Waals surface area contributed by atoms with Crippen LogP contribution in [-0.4, -0.2) is 26.3 Å². The summed E-state index contributed by atoms with van der Waals surface area (Å²) in [5.74, 6) is -0.162. The third-order valence-electron chi connectivity index (χ3n) is 2.55. The van der Waals surface area contributed by atoms with Crippen LogP contribution in [0, 0.1) is 5.82 Å². The van der Waals surface area contributed by atoms with Crippen molar-refractivity contribution in [3.05, 3.63) is 35.6 Å². The average Bonchev–Trinajstić information content (AvgIpc) is 2.26. The molecule has 0 aliphatic carbocycles. The van der Waals surface area contributed by atoms with Crippen LogP contribution in [-0.2, 0) is 11.2 Å². The molecule has 1 unspecified atom stereocenters. The SMILES string of the molecule is COCCC(C)NCCc1cccc(F)c1. The minimum Gasteiger partial charge on any atom is -0.385 e. The van der Waals surface area contributed by atoms with Gasteiger partial charge in [0.25, 0.3) is 0 Å². The second kappa shape index (κ2) is 7.36. The lowest BCUT2D eigenvalue weighted by Gasteiger charge is -2.12. The monoisotopic (exact) mass is 225 g/mol. The van der Waals surface area contributed by atoms with E-state index in [1.54, 1.807) is 19.2 Å². The molecule has 0 spiro atoms. The zero-order valence-corrected chi connectivity index (χ0v) is 10.0. The van der Waals surface area contributed by atoms with E-state index in [-0.39, 0.29) is 5.82 Å². The molecule has 0 amide bonds. The number of methoxy groups -OCH3 is 1. The molecule has 1 N–H and O–H groups in total. The molecule has 1 atom stereocenters. The van der Waals surface area contributed by atoms with Crippen LogP contribution in [0.25, 0.3) is 0 Å². The second-order valence-electron chi connectivity index (χ2n) is 4.02.